The van der Waals surface area contributed by atoms with Crippen LogP contribution in [-0.4, -0.2) is 55.3 Å². The second kappa shape index (κ2) is 18.3. The molecule has 3 heterocycles. The fraction of sp³-hybridized carbons (Fsp3) is 0.121. The summed E-state index contributed by atoms with van der Waals surface area (Å²) in [7, 11) is 5.56. The topological polar surface area (TPSA) is 156 Å². The van der Waals surface area contributed by atoms with E-state index in [1.54, 1.807) is 24.5 Å². The van der Waals surface area contributed by atoms with Crippen molar-refractivity contribution in [1.29, 1.82) is 0 Å². The Morgan fingerprint density at radius 2 is 0.800 bits per heavy atom. The smallest absolute Gasteiger partial charge is 0.545 e. The summed E-state index contributed by atoms with van der Waals surface area (Å²) < 4.78 is 19.4. The third-order valence-electron chi connectivity index (χ3n) is 5.87. The van der Waals surface area contributed by atoms with Gasteiger partial charge in [0.2, 0.25) is 0 Å². The Hall–Kier alpha value is -5.45. The molecule has 12 heteroatoms. The maximum absolute atomic E-state index is 10.7. The molecule has 2 aromatic carbocycles. The van der Waals surface area contributed by atoms with Gasteiger partial charge in [-0.1, -0.05) is 30.3 Å². The fourth-order valence-electron chi connectivity index (χ4n) is 3.85. The third-order valence-corrected chi connectivity index (χ3v) is 5.87. The van der Waals surface area contributed by atoms with Crippen molar-refractivity contribution < 1.29 is 55.8 Å². The van der Waals surface area contributed by atoms with Crippen molar-refractivity contribution in [3.05, 3.63) is 115 Å². The zero-order chi connectivity index (χ0) is 31.9. The normalized spacial score (nSPS) is 9.51. The SMILES string of the molecule is COc1cccc(OC)c1C(=O)[O-].COc1cccc(OC)c1C(=O)[O-].[Mn+2].c1ccc(-c2cccc(-c3ccccn3)n2)nc1. The Labute approximate surface area is 270 Å². The Kier molecular flexibility index (Phi) is 14.5. The van der Waals surface area contributed by atoms with Crippen LogP contribution in [0.1, 0.15) is 20.7 Å². The van der Waals surface area contributed by atoms with Crippen molar-refractivity contribution in [3.8, 4) is 45.8 Å². The largest absolute Gasteiger partial charge is 2.00 e. The van der Waals surface area contributed by atoms with Crippen molar-refractivity contribution in [1.82, 2.24) is 15.0 Å². The predicted octanol–water partition coefficient (Wildman–Crippen LogP) is 3.34. The first-order chi connectivity index (χ1) is 21.3. The summed E-state index contributed by atoms with van der Waals surface area (Å²) in [4.78, 5) is 34.6. The van der Waals surface area contributed by atoms with Crippen molar-refractivity contribution in [2.45, 2.75) is 0 Å². The minimum Gasteiger partial charge on any atom is -0.545 e. The summed E-state index contributed by atoms with van der Waals surface area (Å²) in [6.07, 6.45) is 3.54. The van der Waals surface area contributed by atoms with Crippen LogP contribution in [0.25, 0.3) is 22.8 Å². The molecule has 0 saturated carbocycles. The van der Waals surface area contributed by atoms with E-state index in [0.29, 0.717) is 0 Å². The maximum atomic E-state index is 10.7. The van der Waals surface area contributed by atoms with E-state index >= 15 is 0 Å². The number of carbonyl (C=O) groups is 2. The quantitative estimate of drug-likeness (QED) is 0.227. The Morgan fingerprint density at radius 1 is 0.489 bits per heavy atom. The molecule has 5 aromatic rings. The average molecular weight is 651 g/mol. The van der Waals surface area contributed by atoms with Crippen LogP contribution in [0.3, 0.4) is 0 Å². The van der Waals surface area contributed by atoms with Crippen LogP contribution in [0.5, 0.6) is 23.0 Å². The predicted molar refractivity (Wildman–Crippen MR) is 158 cm³/mol. The van der Waals surface area contributed by atoms with E-state index in [9.17, 15) is 19.8 Å². The van der Waals surface area contributed by atoms with Gasteiger partial charge in [0.25, 0.3) is 0 Å². The van der Waals surface area contributed by atoms with Gasteiger partial charge in [0.1, 0.15) is 23.0 Å². The summed E-state index contributed by atoms with van der Waals surface area (Å²) in [5.74, 6) is -1.68. The Balaban J connectivity index is 0.000000238. The number of ether oxygens (including phenoxy) is 4. The molecule has 0 N–H and O–H groups in total. The molecule has 0 amide bonds. The zero-order valence-electron chi connectivity index (χ0n) is 24.8. The van der Waals surface area contributed by atoms with Gasteiger partial charge in [0.15, 0.2) is 0 Å². The average Bonchev–Trinajstić information content (AvgIpc) is 3.08. The van der Waals surface area contributed by atoms with E-state index in [4.69, 9.17) is 18.9 Å². The van der Waals surface area contributed by atoms with Crippen molar-refractivity contribution >= 4 is 11.9 Å². The number of rotatable bonds is 8. The molecule has 11 nitrogen and oxygen atoms in total. The van der Waals surface area contributed by atoms with Crippen LogP contribution in [-0.2, 0) is 17.1 Å². The minimum atomic E-state index is -1.31. The molecule has 0 spiro atoms. The Morgan fingerprint density at radius 3 is 1.07 bits per heavy atom. The summed E-state index contributed by atoms with van der Waals surface area (Å²) in [5.41, 5.74) is 3.34. The van der Waals surface area contributed by atoms with Crippen LogP contribution >= 0.6 is 0 Å². The van der Waals surface area contributed by atoms with Gasteiger partial charge in [-0.3, -0.25) is 9.97 Å². The van der Waals surface area contributed by atoms with Crippen molar-refractivity contribution in [2.24, 2.45) is 0 Å². The van der Waals surface area contributed by atoms with Crippen molar-refractivity contribution in [3.63, 3.8) is 0 Å². The monoisotopic (exact) mass is 650 g/mol. The summed E-state index contributed by atoms with van der Waals surface area (Å²) in [6, 6.07) is 26.9. The van der Waals surface area contributed by atoms with Gasteiger partial charge < -0.3 is 38.7 Å². The second-order valence-electron chi connectivity index (χ2n) is 8.49. The molecule has 0 aliphatic carbocycles. The number of aromatic nitrogens is 3. The summed E-state index contributed by atoms with van der Waals surface area (Å²) in [5, 5.41) is 21.4. The first-order valence-electron chi connectivity index (χ1n) is 13.0. The number of carboxylic acids is 2. The fourth-order valence-corrected chi connectivity index (χ4v) is 3.85. The van der Waals surface area contributed by atoms with E-state index in [1.807, 2.05) is 54.6 Å². The summed E-state index contributed by atoms with van der Waals surface area (Å²) >= 11 is 0. The molecule has 0 aliphatic rings. The van der Waals surface area contributed by atoms with Crippen LogP contribution in [0, 0.1) is 0 Å². The molecule has 0 unspecified atom stereocenters. The van der Waals surface area contributed by atoms with E-state index < -0.39 is 11.9 Å². The second-order valence-corrected chi connectivity index (χ2v) is 8.49. The molecule has 231 valence electrons. The number of methoxy groups -OCH3 is 4. The number of hydrogen-bond donors (Lipinski definition) is 0. The van der Waals surface area contributed by atoms with Crippen LogP contribution in [0.2, 0.25) is 0 Å². The molecular formula is C33H29MnN3O8. The van der Waals surface area contributed by atoms with E-state index in [-0.39, 0.29) is 51.2 Å². The molecule has 0 bridgehead atoms. The molecule has 0 aliphatic heterocycles. The molecule has 5 rings (SSSR count). The number of benzene rings is 2. The van der Waals surface area contributed by atoms with Gasteiger partial charge in [-0.15, -0.1) is 0 Å². The van der Waals surface area contributed by atoms with Gasteiger partial charge in [-0.25, -0.2) is 4.98 Å². The zero-order valence-corrected chi connectivity index (χ0v) is 26.0. The number of carbonyl (C=O) groups excluding carboxylic acids is 2. The van der Waals surface area contributed by atoms with Crippen molar-refractivity contribution in [2.75, 3.05) is 28.4 Å². The molecule has 3 aromatic heterocycles. The molecule has 0 fully saturated rings. The van der Waals surface area contributed by atoms with Gasteiger partial charge >= 0.3 is 17.1 Å². The van der Waals surface area contributed by atoms with Crippen LogP contribution in [0.15, 0.2) is 103 Å². The summed E-state index contributed by atoms with van der Waals surface area (Å²) in [6.45, 7) is 0. The van der Waals surface area contributed by atoms with E-state index in [0.717, 1.165) is 22.8 Å². The number of nitrogens with zero attached hydrogens (tertiary/aromatic N) is 3. The standard InChI is InChI=1S/C15H11N3.2C9H10O4.Mn/c1-3-10-16-12(6-1)14-8-5-9-15(18-14)13-7-2-4-11-17-13;2*1-12-6-4-3-5-7(13-2)8(6)9(10)11;/h1-11H;2*3-5H,1-2H3,(H,10,11);/q;;;+2/p-2. The Bertz CT molecular complexity index is 1510. The van der Waals surface area contributed by atoms with Gasteiger partial charge in [0, 0.05) is 12.4 Å². The molecule has 0 atom stereocenters. The maximum Gasteiger partial charge on any atom is 2.00 e. The molecule has 1 radical (unpaired) electrons. The number of aromatic carboxylic acids is 2. The van der Waals surface area contributed by atoms with Crippen LogP contribution in [0.4, 0.5) is 0 Å². The van der Waals surface area contributed by atoms with Gasteiger partial charge in [-0.05, 0) is 60.7 Å². The number of pyridine rings is 3. The van der Waals surface area contributed by atoms with Gasteiger partial charge in [0.05, 0.1) is 74.3 Å². The van der Waals surface area contributed by atoms with Gasteiger partial charge in [-0.2, -0.15) is 0 Å². The molecular weight excluding hydrogens is 621 g/mol. The molecule has 45 heavy (non-hydrogen) atoms. The van der Waals surface area contributed by atoms with E-state index in [2.05, 4.69) is 15.0 Å². The van der Waals surface area contributed by atoms with E-state index in [1.165, 1.54) is 52.7 Å². The first-order valence-corrected chi connectivity index (χ1v) is 13.0. The first kappa shape index (κ1) is 35.7. The minimum absolute atomic E-state index is 0. The van der Waals surface area contributed by atoms with Crippen LogP contribution < -0.4 is 29.2 Å². The third kappa shape index (κ3) is 9.78. The molecule has 0 saturated heterocycles. The number of hydrogen-bond acceptors (Lipinski definition) is 11. The number of carboxylic acid groups (broad SMARTS) is 2.